The lowest BCUT2D eigenvalue weighted by molar-refractivity contribution is -0.177. The summed E-state index contributed by atoms with van der Waals surface area (Å²) in [5.74, 6) is -4.98. The predicted molar refractivity (Wildman–Crippen MR) is 55.6 cm³/mol. The van der Waals surface area contributed by atoms with Gasteiger partial charge in [0.05, 0.1) is 0 Å². The molecular weight excluding hydrogens is 270 g/mol. The molecule has 1 rings (SSSR count). The minimum atomic E-state index is -5.23. The third-order valence-electron chi connectivity index (χ3n) is 2.45. The van der Waals surface area contributed by atoms with Gasteiger partial charge in [0.25, 0.3) is 0 Å². The van der Waals surface area contributed by atoms with Gasteiger partial charge in [0.1, 0.15) is 5.82 Å². The molecule has 2 N–H and O–H groups in total. The third kappa shape index (κ3) is 3.21. The predicted octanol–water partition coefficient (Wildman–Crippen LogP) is 1.80. The fourth-order valence-corrected chi connectivity index (χ4v) is 1.35. The van der Waals surface area contributed by atoms with Crippen LogP contribution in [0.25, 0.3) is 0 Å². The number of hydrogen-bond acceptors (Lipinski definition) is 2. The second-order valence-electron chi connectivity index (χ2n) is 3.89. The zero-order chi connectivity index (χ0) is 14.8. The average Bonchev–Trinajstić information content (AvgIpc) is 2.27. The number of carbonyl (C=O) groups excluding carboxylic acids is 1. The number of carboxylic acids is 1. The second-order valence-corrected chi connectivity index (χ2v) is 3.89. The number of alkyl halides is 3. The van der Waals surface area contributed by atoms with Crippen molar-refractivity contribution in [1.29, 1.82) is 0 Å². The Morgan fingerprint density at radius 3 is 2.26 bits per heavy atom. The average molecular weight is 279 g/mol. The highest BCUT2D eigenvalue weighted by atomic mass is 19.4. The number of amides is 1. The van der Waals surface area contributed by atoms with E-state index in [2.05, 4.69) is 0 Å². The van der Waals surface area contributed by atoms with Gasteiger partial charge in [0.2, 0.25) is 0 Å². The fraction of sp³-hybridized carbons (Fsp3) is 0.273. The Morgan fingerprint density at radius 1 is 1.26 bits per heavy atom. The third-order valence-corrected chi connectivity index (χ3v) is 2.45. The largest absolute Gasteiger partial charge is 0.479 e. The van der Waals surface area contributed by atoms with Crippen molar-refractivity contribution in [2.45, 2.75) is 18.6 Å². The van der Waals surface area contributed by atoms with Crippen LogP contribution < -0.4 is 5.32 Å². The zero-order valence-electron chi connectivity index (χ0n) is 9.58. The van der Waals surface area contributed by atoms with Crippen LogP contribution in [0.1, 0.15) is 12.5 Å². The molecule has 0 bridgehead atoms. The Labute approximate surface area is 105 Å². The number of hydrogen-bond donors (Lipinski definition) is 2. The fourth-order valence-electron chi connectivity index (χ4n) is 1.35. The van der Waals surface area contributed by atoms with Crippen molar-refractivity contribution >= 4 is 11.9 Å². The standard InChI is InChI=1S/C11H9F4NO3/c1-10(9(18)19,16-8(17)11(13,14)15)6-3-2-4-7(12)5-6/h2-5H,1H3,(H,16,17)(H,18,19). The van der Waals surface area contributed by atoms with Crippen molar-refractivity contribution in [3.8, 4) is 0 Å². The lowest BCUT2D eigenvalue weighted by Gasteiger charge is -2.27. The van der Waals surface area contributed by atoms with E-state index in [1.807, 2.05) is 0 Å². The Kier molecular flexibility index (Phi) is 3.83. The molecule has 1 aromatic rings. The Hall–Kier alpha value is -2.12. The van der Waals surface area contributed by atoms with Gasteiger partial charge in [-0.25, -0.2) is 9.18 Å². The van der Waals surface area contributed by atoms with Crippen LogP contribution >= 0.6 is 0 Å². The molecule has 1 aromatic carbocycles. The van der Waals surface area contributed by atoms with Gasteiger partial charge in [-0.2, -0.15) is 13.2 Å². The van der Waals surface area contributed by atoms with Gasteiger partial charge in [-0.15, -0.1) is 0 Å². The van der Waals surface area contributed by atoms with E-state index in [9.17, 15) is 27.2 Å². The van der Waals surface area contributed by atoms with Gasteiger partial charge in [-0.05, 0) is 24.6 Å². The van der Waals surface area contributed by atoms with E-state index >= 15 is 0 Å². The van der Waals surface area contributed by atoms with Gasteiger partial charge >= 0.3 is 18.1 Å². The van der Waals surface area contributed by atoms with E-state index in [1.54, 1.807) is 0 Å². The van der Waals surface area contributed by atoms with E-state index in [0.717, 1.165) is 31.2 Å². The Morgan fingerprint density at radius 2 is 1.84 bits per heavy atom. The summed E-state index contributed by atoms with van der Waals surface area (Å²) in [6, 6.07) is 3.97. The van der Waals surface area contributed by atoms with E-state index in [4.69, 9.17) is 5.11 Å². The van der Waals surface area contributed by atoms with Crippen molar-refractivity contribution in [3.05, 3.63) is 35.6 Å². The maximum absolute atomic E-state index is 13.0. The molecule has 0 radical (unpaired) electrons. The van der Waals surface area contributed by atoms with Gasteiger partial charge < -0.3 is 10.4 Å². The first-order valence-corrected chi connectivity index (χ1v) is 4.96. The highest BCUT2D eigenvalue weighted by molar-refractivity contribution is 5.90. The molecule has 0 fully saturated rings. The summed E-state index contributed by atoms with van der Waals surface area (Å²) in [6.07, 6.45) is -5.23. The molecule has 4 nitrogen and oxygen atoms in total. The number of halogens is 4. The molecule has 104 valence electrons. The normalized spacial score (nSPS) is 14.6. The minimum Gasteiger partial charge on any atom is -0.479 e. The molecule has 0 saturated carbocycles. The van der Waals surface area contributed by atoms with Crippen molar-refractivity contribution < 1.29 is 32.3 Å². The number of carbonyl (C=O) groups is 2. The van der Waals surface area contributed by atoms with Crippen LogP contribution in [0.2, 0.25) is 0 Å². The smallest absolute Gasteiger partial charge is 0.471 e. The molecule has 0 aliphatic carbocycles. The first kappa shape index (κ1) is 14.9. The Bertz CT molecular complexity index is 515. The summed E-state index contributed by atoms with van der Waals surface area (Å²) in [5.41, 5.74) is -2.69. The van der Waals surface area contributed by atoms with Crippen LogP contribution in [0, 0.1) is 5.82 Å². The number of rotatable bonds is 3. The van der Waals surface area contributed by atoms with Crippen molar-refractivity contribution in [3.63, 3.8) is 0 Å². The highest BCUT2D eigenvalue weighted by Gasteiger charge is 2.46. The van der Waals surface area contributed by atoms with E-state index < -0.39 is 29.4 Å². The number of benzene rings is 1. The van der Waals surface area contributed by atoms with Crippen LogP contribution in [0.15, 0.2) is 24.3 Å². The molecule has 1 atom stereocenters. The molecule has 1 unspecified atom stereocenters. The van der Waals surface area contributed by atoms with Crippen LogP contribution in [0.4, 0.5) is 17.6 Å². The first-order valence-electron chi connectivity index (χ1n) is 4.96. The number of nitrogens with one attached hydrogen (secondary N) is 1. The summed E-state index contributed by atoms with van der Waals surface area (Å²) in [5, 5.41) is 10.3. The van der Waals surface area contributed by atoms with Gasteiger partial charge in [0, 0.05) is 0 Å². The minimum absolute atomic E-state index is 0.308. The molecule has 0 aromatic heterocycles. The quantitative estimate of drug-likeness (QED) is 0.829. The molecular formula is C11H9F4NO3. The molecule has 0 spiro atoms. The van der Waals surface area contributed by atoms with Crippen LogP contribution in [0.5, 0.6) is 0 Å². The van der Waals surface area contributed by atoms with E-state index in [0.29, 0.717) is 0 Å². The second kappa shape index (κ2) is 4.87. The topological polar surface area (TPSA) is 66.4 Å². The molecule has 0 aliphatic rings. The SMILES string of the molecule is CC(NC(=O)C(F)(F)F)(C(=O)O)c1cccc(F)c1. The molecule has 0 aliphatic heterocycles. The van der Waals surface area contributed by atoms with Gasteiger partial charge in [-0.1, -0.05) is 12.1 Å². The van der Waals surface area contributed by atoms with Crippen LogP contribution in [-0.4, -0.2) is 23.2 Å². The lowest BCUT2D eigenvalue weighted by atomic mass is 9.92. The monoisotopic (exact) mass is 279 g/mol. The highest BCUT2D eigenvalue weighted by Crippen LogP contribution is 2.24. The van der Waals surface area contributed by atoms with Crippen LogP contribution in [-0.2, 0) is 15.1 Å². The number of carboxylic acid groups (broad SMARTS) is 1. The number of aliphatic carboxylic acids is 1. The summed E-state index contributed by atoms with van der Waals surface area (Å²) in [6.45, 7) is 0.841. The summed E-state index contributed by atoms with van der Waals surface area (Å²) >= 11 is 0. The van der Waals surface area contributed by atoms with Crippen molar-refractivity contribution in [2.75, 3.05) is 0 Å². The molecule has 1 amide bonds. The Balaban J connectivity index is 3.19. The molecule has 0 heterocycles. The van der Waals surface area contributed by atoms with E-state index in [1.165, 1.54) is 5.32 Å². The van der Waals surface area contributed by atoms with Gasteiger partial charge in [0.15, 0.2) is 5.54 Å². The van der Waals surface area contributed by atoms with Gasteiger partial charge in [-0.3, -0.25) is 4.79 Å². The van der Waals surface area contributed by atoms with Crippen LogP contribution in [0.3, 0.4) is 0 Å². The first-order chi connectivity index (χ1) is 8.57. The van der Waals surface area contributed by atoms with Crippen molar-refractivity contribution in [2.24, 2.45) is 0 Å². The molecule has 0 saturated heterocycles. The van der Waals surface area contributed by atoms with E-state index in [-0.39, 0.29) is 5.56 Å². The van der Waals surface area contributed by atoms with Crippen molar-refractivity contribution in [1.82, 2.24) is 5.32 Å². The maximum Gasteiger partial charge on any atom is 0.471 e. The maximum atomic E-state index is 13.0. The summed E-state index contributed by atoms with van der Waals surface area (Å²) in [7, 11) is 0. The summed E-state index contributed by atoms with van der Waals surface area (Å²) < 4.78 is 49.5. The lowest BCUT2D eigenvalue weighted by Crippen LogP contribution is -2.53. The molecule has 19 heavy (non-hydrogen) atoms. The zero-order valence-corrected chi connectivity index (χ0v) is 9.58. The summed E-state index contributed by atoms with van der Waals surface area (Å²) in [4.78, 5) is 21.9. The molecule has 8 heteroatoms.